The van der Waals surface area contributed by atoms with Crippen molar-refractivity contribution in [2.24, 2.45) is 12.0 Å². The van der Waals surface area contributed by atoms with Gasteiger partial charge in [0.25, 0.3) is 0 Å². The van der Waals surface area contributed by atoms with Crippen molar-refractivity contribution in [3.05, 3.63) is 48.5 Å². The van der Waals surface area contributed by atoms with Gasteiger partial charge >= 0.3 is 6.01 Å². The maximum atomic E-state index is 5.81. The number of hydrogen-bond acceptors (Lipinski definition) is 4. The zero-order valence-corrected chi connectivity index (χ0v) is 12.8. The second-order valence-electron chi connectivity index (χ2n) is 4.24. The minimum atomic E-state index is 0. The van der Waals surface area contributed by atoms with Crippen molar-refractivity contribution >= 4 is 46.5 Å². The summed E-state index contributed by atoms with van der Waals surface area (Å²) < 4.78 is 7.72. The molecule has 0 fully saturated rings. The summed E-state index contributed by atoms with van der Waals surface area (Å²) in [4.78, 5) is 8.39. The van der Waals surface area contributed by atoms with Crippen LogP contribution in [-0.2, 0) is 7.05 Å². The van der Waals surface area contributed by atoms with Gasteiger partial charge in [0.05, 0.1) is 21.9 Å². The highest BCUT2D eigenvalue weighted by atomic mass is 35.5. The number of para-hydroxylation sites is 2. The molecule has 0 saturated carbocycles. The fourth-order valence-corrected chi connectivity index (χ4v) is 2.09. The highest BCUT2D eigenvalue weighted by Gasteiger charge is 2.09. The normalized spacial score (nSPS) is 9.76. The fraction of sp³-hybridized carbons (Fsp3) is 0.0667. The van der Waals surface area contributed by atoms with Crippen LogP contribution >= 0.6 is 24.6 Å². The number of benzene rings is 2. The van der Waals surface area contributed by atoms with E-state index >= 15 is 0 Å². The van der Waals surface area contributed by atoms with Crippen LogP contribution < -0.4 is 4.74 Å². The number of aliphatic imine (C=N–C) groups is 1. The zero-order valence-electron chi connectivity index (χ0n) is 11.2. The average molecular weight is 318 g/mol. The lowest BCUT2D eigenvalue weighted by Gasteiger charge is -2.05. The van der Waals surface area contributed by atoms with Crippen molar-refractivity contribution in [3.63, 3.8) is 0 Å². The first-order chi connectivity index (χ1) is 9.78. The molecule has 0 bridgehead atoms. The molecular formula is C15H12ClN3OS. The lowest BCUT2D eigenvalue weighted by atomic mass is 10.3. The molecule has 0 aliphatic rings. The van der Waals surface area contributed by atoms with Crippen LogP contribution in [0.15, 0.2) is 53.5 Å². The number of isothiocyanates is 1. The Kier molecular flexibility index (Phi) is 4.70. The van der Waals surface area contributed by atoms with E-state index in [4.69, 9.17) is 4.74 Å². The molecule has 6 heteroatoms. The molecule has 0 saturated heterocycles. The molecule has 1 aromatic heterocycles. The van der Waals surface area contributed by atoms with E-state index in [1.165, 1.54) is 0 Å². The first-order valence-electron chi connectivity index (χ1n) is 6.05. The van der Waals surface area contributed by atoms with Gasteiger partial charge in [0.15, 0.2) is 0 Å². The van der Waals surface area contributed by atoms with Gasteiger partial charge in [-0.1, -0.05) is 18.2 Å². The molecule has 4 nitrogen and oxygen atoms in total. The molecule has 0 unspecified atom stereocenters. The zero-order chi connectivity index (χ0) is 13.9. The van der Waals surface area contributed by atoms with E-state index < -0.39 is 0 Å². The van der Waals surface area contributed by atoms with Gasteiger partial charge < -0.3 is 4.74 Å². The monoisotopic (exact) mass is 317 g/mol. The quantitative estimate of drug-likeness (QED) is 0.526. The van der Waals surface area contributed by atoms with Gasteiger partial charge in [-0.15, -0.1) is 12.4 Å². The van der Waals surface area contributed by atoms with Gasteiger partial charge in [0.1, 0.15) is 5.75 Å². The summed E-state index contributed by atoms with van der Waals surface area (Å²) in [5.41, 5.74) is 2.63. The number of halogens is 1. The third kappa shape index (κ3) is 3.11. The predicted molar refractivity (Wildman–Crippen MR) is 89.2 cm³/mol. The van der Waals surface area contributed by atoms with Crippen LogP contribution in [0.4, 0.5) is 5.69 Å². The number of imidazole rings is 1. The van der Waals surface area contributed by atoms with Crippen molar-refractivity contribution in [1.29, 1.82) is 0 Å². The number of fused-ring (bicyclic) bond motifs is 1. The van der Waals surface area contributed by atoms with E-state index in [0.717, 1.165) is 11.0 Å². The Labute approximate surface area is 133 Å². The van der Waals surface area contributed by atoms with Crippen LogP contribution in [0.5, 0.6) is 11.8 Å². The summed E-state index contributed by atoms with van der Waals surface area (Å²) in [6.45, 7) is 0. The largest absolute Gasteiger partial charge is 0.425 e. The van der Waals surface area contributed by atoms with Gasteiger partial charge in [-0.05, 0) is 36.5 Å². The number of nitrogens with zero attached hydrogens (tertiary/aromatic N) is 3. The number of hydrogen-bond donors (Lipinski definition) is 0. The number of ether oxygens (including phenoxy) is 1. The lowest BCUT2D eigenvalue weighted by molar-refractivity contribution is 0.428. The highest BCUT2D eigenvalue weighted by Crippen LogP contribution is 2.27. The molecule has 0 spiro atoms. The lowest BCUT2D eigenvalue weighted by Crippen LogP contribution is -1.94. The minimum Gasteiger partial charge on any atom is -0.425 e. The Morgan fingerprint density at radius 2 is 2.00 bits per heavy atom. The molecule has 1 heterocycles. The number of thiocarbonyl (C=S) groups is 1. The number of aromatic nitrogens is 2. The second-order valence-corrected chi connectivity index (χ2v) is 4.43. The second kappa shape index (κ2) is 6.50. The van der Waals surface area contributed by atoms with Crippen LogP contribution in [0, 0.1) is 0 Å². The maximum absolute atomic E-state index is 5.81. The van der Waals surface area contributed by atoms with Crippen LogP contribution in [-0.4, -0.2) is 14.7 Å². The number of rotatable bonds is 3. The van der Waals surface area contributed by atoms with Crippen molar-refractivity contribution in [3.8, 4) is 11.8 Å². The van der Waals surface area contributed by atoms with Crippen molar-refractivity contribution < 1.29 is 4.74 Å². The van der Waals surface area contributed by atoms with E-state index in [2.05, 4.69) is 27.4 Å². The Morgan fingerprint density at radius 1 is 1.19 bits per heavy atom. The first-order valence-corrected chi connectivity index (χ1v) is 6.46. The summed E-state index contributed by atoms with van der Waals surface area (Å²) in [5.74, 6) is 0.662. The Bertz CT molecular complexity index is 825. The molecule has 0 radical (unpaired) electrons. The van der Waals surface area contributed by atoms with Crippen molar-refractivity contribution in [1.82, 2.24) is 9.55 Å². The summed E-state index contributed by atoms with van der Waals surface area (Å²) in [5, 5.41) is 2.34. The third-order valence-corrected chi connectivity index (χ3v) is 3.04. The SMILES string of the molecule is Cl.Cn1c(Oc2cccc(N=C=S)c2)nc2ccccc21. The van der Waals surface area contributed by atoms with E-state index in [1.54, 1.807) is 6.07 Å². The third-order valence-electron chi connectivity index (χ3n) is 2.95. The maximum Gasteiger partial charge on any atom is 0.302 e. The van der Waals surface area contributed by atoms with Crippen LogP contribution in [0.25, 0.3) is 11.0 Å². The minimum absolute atomic E-state index is 0. The number of aryl methyl sites for hydroxylation is 1. The summed E-state index contributed by atoms with van der Waals surface area (Å²) in [6.07, 6.45) is 0. The smallest absolute Gasteiger partial charge is 0.302 e. The van der Waals surface area contributed by atoms with Crippen LogP contribution in [0.2, 0.25) is 0 Å². The van der Waals surface area contributed by atoms with Gasteiger partial charge in [-0.2, -0.15) is 9.98 Å². The molecule has 21 heavy (non-hydrogen) atoms. The molecule has 3 rings (SSSR count). The highest BCUT2D eigenvalue weighted by molar-refractivity contribution is 7.78. The molecule has 2 aromatic carbocycles. The van der Waals surface area contributed by atoms with Gasteiger partial charge in [-0.3, -0.25) is 4.57 Å². The molecular weight excluding hydrogens is 306 g/mol. The molecule has 106 valence electrons. The summed E-state index contributed by atoms with van der Waals surface area (Å²) in [7, 11) is 1.92. The van der Waals surface area contributed by atoms with Gasteiger partial charge in [0.2, 0.25) is 0 Å². The van der Waals surface area contributed by atoms with Gasteiger partial charge in [-0.25, -0.2) is 0 Å². The van der Waals surface area contributed by atoms with Gasteiger partial charge in [0, 0.05) is 13.1 Å². The molecule has 0 N–H and O–H groups in total. The summed E-state index contributed by atoms with van der Waals surface area (Å²) in [6, 6.07) is 15.7. The van der Waals surface area contributed by atoms with Crippen molar-refractivity contribution in [2.75, 3.05) is 0 Å². The Balaban J connectivity index is 0.00000161. The first kappa shape index (κ1) is 15.2. The van der Waals surface area contributed by atoms with Crippen LogP contribution in [0.1, 0.15) is 0 Å². The molecule has 0 amide bonds. The van der Waals surface area contributed by atoms with E-state index in [1.807, 2.05) is 54.1 Å². The van der Waals surface area contributed by atoms with E-state index in [-0.39, 0.29) is 12.4 Å². The molecule has 0 aliphatic carbocycles. The Morgan fingerprint density at radius 3 is 2.76 bits per heavy atom. The Hall–Kier alpha value is -2.20. The van der Waals surface area contributed by atoms with E-state index in [9.17, 15) is 0 Å². The summed E-state index contributed by atoms with van der Waals surface area (Å²) >= 11 is 4.60. The van der Waals surface area contributed by atoms with Crippen LogP contribution in [0.3, 0.4) is 0 Å². The topological polar surface area (TPSA) is 39.4 Å². The molecule has 3 aromatic rings. The fourth-order valence-electron chi connectivity index (χ4n) is 1.99. The van der Waals surface area contributed by atoms with E-state index in [0.29, 0.717) is 17.4 Å². The molecule has 0 atom stereocenters. The predicted octanol–water partition coefficient (Wildman–Crippen LogP) is 4.52. The average Bonchev–Trinajstić information content (AvgIpc) is 2.77. The van der Waals surface area contributed by atoms with Crippen molar-refractivity contribution in [2.45, 2.75) is 0 Å². The molecule has 0 aliphatic heterocycles. The standard InChI is InChI=1S/C15H11N3OS.ClH/c1-18-14-8-3-2-7-13(14)17-15(18)19-12-6-4-5-11(9-12)16-10-20;/h2-9H,1H3;1H.